The number of likely N-dealkylation sites (N-methyl/N-ethyl adjacent to an activating group) is 1. The van der Waals surface area contributed by atoms with Crippen LogP contribution in [0.15, 0.2) is 18.3 Å². The second-order valence-electron chi connectivity index (χ2n) is 4.64. The lowest BCUT2D eigenvalue weighted by atomic mass is 10.1. The first-order valence-corrected chi connectivity index (χ1v) is 6.85. The van der Waals surface area contributed by atoms with Gasteiger partial charge in [-0.2, -0.15) is 0 Å². The Hall–Kier alpha value is -1.20. The molecule has 98 valence electrons. The molecule has 1 atom stereocenters. The molecule has 0 aliphatic carbocycles. The molecule has 1 aliphatic rings. The van der Waals surface area contributed by atoms with E-state index in [0.717, 1.165) is 18.8 Å². The number of pyridine rings is 1. The molecule has 5 heteroatoms. The van der Waals surface area contributed by atoms with E-state index >= 15 is 0 Å². The lowest BCUT2D eigenvalue weighted by Gasteiger charge is -2.33. The number of likely N-dealkylation sites (tertiary alicyclic amines) is 1. The van der Waals surface area contributed by atoms with Crippen LogP contribution in [0, 0.1) is 0 Å². The maximum Gasteiger partial charge on any atom is 0.124 e. The third kappa shape index (κ3) is 3.17. The fourth-order valence-electron chi connectivity index (χ4n) is 2.40. The maximum atomic E-state index is 5.69. The summed E-state index contributed by atoms with van der Waals surface area (Å²) >= 11 is 5.03. The smallest absolute Gasteiger partial charge is 0.124 e. The van der Waals surface area contributed by atoms with Crippen LogP contribution < -0.4 is 11.1 Å². The quantitative estimate of drug-likeness (QED) is 0.809. The molecule has 2 rings (SSSR count). The molecule has 0 aromatic carbocycles. The fraction of sp³-hybridized carbons (Fsp3) is 0.538. The topological polar surface area (TPSA) is 54.2 Å². The lowest BCUT2D eigenvalue weighted by Crippen LogP contribution is -2.42. The van der Waals surface area contributed by atoms with Gasteiger partial charge in [-0.05, 0) is 38.1 Å². The second-order valence-corrected chi connectivity index (χ2v) is 5.08. The number of thiocarbonyl (C=S) groups is 1. The molecule has 1 aliphatic heterocycles. The first kappa shape index (κ1) is 13.2. The van der Waals surface area contributed by atoms with Gasteiger partial charge in [-0.3, -0.25) is 4.98 Å². The van der Waals surface area contributed by atoms with Gasteiger partial charge in [0.15, 0.2) is 0 Å². The number of rotatable bonds is 4. The summed E-state index contributed by atoms with van der Waals surface area (Å²) in [6.07, 6.45) is 4.13. The van der Waals surface area contributed by atoms with Crippen molar-refractivity contribution in [1.82, 2.24) is 9.88 Å². The van der Waals surface area contributed by atoms with E-state index in [1.165, 1.54) is 19.4 Å². The van der Waals surface area contributed by atoms with Gasteiger partial charge in [0.2, 0.25) is 0 Å². The van der Waals surface area contributed by atoms with E-state index < -0.39 is 0 Å². The number of aromatic nitrogens is 1. The Bertz CT molecular complexity index is 421. The summed E-state index contributed by atoms with van der Waals surface area (Å²) in [4.78, 5) is 7.05. The van der Waals surface area contributed by atoms with Gasteiger partial charge in [-0.15, -0.1) is 0 Å². The van der Waals surface area contributed by atoms with E-state index in [1.54, 1.807) is 6.20 Å². The van der Waals surface area contributed by atoms with Gasteiger partial charge in [0, 0.05) is 18.8 Å². The van der Waals surface area contributed by atoms with Crippen molar-refractivity contribution in [1.29, 1.82) is 0 Å². The predicted molar refractivity (Wildman–Crippen MR) is 78.9 cm³/mol. The van der Waals surface area contributed by atoms with Crippen LogP contribution in [0.25, 0.3) is 0 Å². The normalized spacial score (nSPS) is 20.6. The minimum absolute atomic E-state index is 0.348. The van der Waals surface area contributed by atoms with Crippen molar-refractivity contribution in [2.45, 2.75) is 25.8 Å². The average molecular weight is 264 g/mol. The summed E-state index contributed by atoms with van der Waals surface area (Å²) in [6.45, 7) is 5.58. The summed E-state index contributed by atoms with van der Waals surface area (Å²) in [7, 11) is 0. The zero-order valence-corrected chi connectivity index (χ0v) is 11.5. The van der Waals surface area contributed by atoms with Crippen molar-refractivity contribution in [3.8, 4) is 0 Å². The minimum Gasteiger partial charge on any atom is -0.388 e. The van der Waals surface area contributed by atoms with Crippen LogP contribution in [0.2, 0.25) is 0 Å². The molecule has 2 heterocycles. The number of nitrogens with zero attached hydrogens (tertiary/aromatic N) is 2. The van der Waals surface area contributed by atoms with E-state index in [0.29, 0.717) is 16.7 Å². The van der Waals surface area contributed by atoms with Crippen molar-refractivity contribution in [2.75, 3.05) is 25.0 Å². The summed E-state index contributed by atoms with van der Waals surface area (Å²) in [5, 5.41) is 3.52. The van der Waals surface area contributed by atoms with Gasteiger partial charge in [0.25, 0.3) is 0 Å². The Kier molecular flexibility index (Phi) is 4.49. The van der Waals surface area contributed by atoms with Gasteiger partial charge in [-0.25, -0.2) is 0 Å². The maximum absolute atomic E-state index is 5.69. The summed E-state index contributed by atoms with van der Waals surface area (Å²) in [5.41, 5.74) is 7.34. The van der Waals surface area contributed by atoms with Gasteiger partial charge in [-0.1, -0.05) is 19.1 Å². The molecule has 0 saturated carbocycles. The molecule has 0 spiro atoms. The van der Waals surface area contributed by atoms with E-state index in [-0.39, 0.29) is 0 Å². The Morgan fingerprint density at radius 1 is 1.67 bits per heavy atom. The Labute approximate surface area is 114 Å². The molecule has 0 bridgehead atoms. The molecule has 1 unspecified atom stereocenters. The zero-order valence-electron chi connectivity index (χ0n) is 10.7. The molecule has 18 heavy (non-hydrogen) atoms. The first-order valence-electron chi connectivity index (χ1n) is 6.44. The highest BCUT2D eigenvalue weighted by molar-refractivity contribution is 7.80. The third-order valence-electron chi connectivity index (χ3n) is 3.35. The predicted octanol–water partition coefficient (Wildman–Crippen LogP) is 1.61. The molecule has 1 fully saturated rings. The molecule has 0 amide bonds. The highest BCUT2D eigenvalue weighted by atomic mass is 32.1. The number of nitrogens with two attached hydrogens (primary N) is 1. The van der Waals surface area contributed by atoms with E-state index in [1.807, 2.05) is 12.1 Å². The highest BCUT2D eigenvalue weighted by Gasteiger charge is 2.19. The fourth-order valence-corrected chi connectivity index (χ4v) is 2.56. The number of hydrogen-bond acceptors (Lipinski definition) is 4. The van der Waals surface area contributed by atoms with E-state index in [9.17, 15) is 0 Å². The lowest BCUT2D eigenvalue weighted by molar-refractivity contribution is 0.227. The highest BCUT2D eigenvalue weighted by Crippen LogP contribution is 2.18. The van der Waals surface area contributed by atoms with Crippen molar-refractivity contribution in [3.05, 3.63) is 24.0 Å². The largest absolute Gasteiger partial charge is 0.388 e. The standard InChI is InChI=1S/C13H20N4S/c1-2-17-8-4-5-10(9-17)16-11-6-3-7-15-12(11)13(14)18/h3,6-7,10,16H,2,4-5,8-9H2,1H3,(H2,14,18). The van der Waals surface area contributed by atoms with Crippen LogP contribution in [0.3, 0.4) is 0 Å². The third-order valence-corrected chi connectivity index (χ3v) is 3.55. The zero-order chi connectivity index (χ0) is 13.0. The van der Waals surface area contributed by atoms with E-state index in [4.69, 9.17) is 18.0 Å². The first-order chi connectivity index (χ1) is 8.70. The Morgan fingerprint density at radius 2 is 2.50 bits per heavy atom. The minimum atomic E-state index is 0.348. The molecule has 3 N–H and O–H groups in total. The van der Waals surface area contributed by atoms with Crippen LogP contribution in [0.4, 0.5) is 5.69 Å². The Morgan fingerprint density at radius 3 is 3.22 bits per heavy atom. The monoisotopic (exact) mass is 264 g/mol. The van der Waals surface area contributed by atoms with Gasteiger partial charge in [0.1, 0.15) is 10.7 Å². The molecule has 1 aromatic heterocycles. The number of nitrogens with one attached hydrogen (secondary N) is 1. The van der Waals surface area contributed by atoms with Crippen molar-refractivity contribution < 1.29 is 0 Å². The van der Waals surface area contributed by atoms with E-state index in [2.05, 4.69) is 22.1 Å². The molecule has 0 radical (unpaired) electrons. The van der Waals surface area contributed by atoms with Gasteiger partial charge < -0.3 is 16.0 Å². The van der Waals surface area contributed by atoms with Crippen LogP contribution in [-0.4, -0.2) is 40.5 Å². The molecule has 1 saturated heterocycles. The summed E-state index contributed by atoms with van der Waals surface area (Å²) < 4.78 is 0. The molecular weight excluding hydrogens is 244 g/mol. The van der Waals surface area contributed by atoms with Crippen molar-refractivity contribution >= 4 is 22.9 Å². The summed E-state index contributed by atoms with van der Waals surface area (Å²) in [6, 6.07) is 4.35. The SMILES string of the molecule is CCN1CCCC(Nc2cccnc2C(N)=S)C1. The van der Waals surface area contributed by atoms with Gasteiger partial charge in [0.05, 0.1) is 5.69 Å². The van der Waals surface area contributed by atoms with Crippen LogP contribution in [0.5, 0.6) is 0 Å². The number of anilines is 1. The number of piperidine rings is 1. The van der Waals surface area contributed by atoms with Crippen LogP contribution in [-0.2, 0) is 0 Å². The second kappa shape index (κ2) is 6.11. The molecular formula is C13H20N4S. The summed E-state index contributed by atoms with van der Waals surface area (Å²) in [5.74, 6) is 0. The Balaban J connectivity index is 2.07. The van der Waals surface area contributed by atoms with Crippen molar-refractivity contribution in [3.63, 3.8) is 0 Å². The molecule has 1 aromatic rings. The van der Waals surface area contributed by atoms with Crippen LogP contribution >= 0.6 is 12.2 Å². The van der Waals surface area contributed by atoms with Crippen LogP contribution in [0.1, 0.15) is 25.5 Å². The average Bonchev–Trinajstić information content (AvgIpc) is 2.39. The van der Waals surface area contributed by atoms with Gasteiger partial charge >= 0.3 is 0 Å². The molecule has 4 nitrogen and oxygen atoms in total. The number of hydrogen-bond donors (Lipinski definition) is 2. The van der Waals surface area contributed by atoms with Crippen molar-refractivity contribution in [2.24, 2.45) is 5.73 Å².